The van der Waals surface area contributed by atoms with Crippen molar-refractivity contribution in [3.63, 3.8) is 0 Å². The highest BCUT2D eigenvalue weighted by atomic mass is 35.5. The van der Waals surface area contributed by atoms with Crippen LogP contribution in [0.1, 0.15) is 38.8 Å². The van der Waals surface area contributed by atoms with Crippen molar-refractivity contribution < 1.29 is 27.9 Å². The number of rotatable bonds is 12. The van der Waals surface area contributed by atoms with Crippen molar-refractivity contribution in [2.75, 3.05) is 36.5 Å². The number of nitrogens with one attached hydrogen (secondary N) is 1. The maximum Gasteiger partial charge on any atom is 0.331 e. The zero-order chi connectivity index (χ0) is 32.3. The number of aromatic nitrogens is 1. The second-order valence-electron chi connectivity index (χ2n) is 9.62. The smallest absolute Gasteiger partial charge is 0.331 e. The van der Waals surface area contributed by atoms with Crippen molar-refractivity contribution in [3.05, 3.63) is 89.6 Å². The van der Waals surface area contributed by atoms with Crippen molar-refractivity contribution in [2.45, 2.75) is 38.1 Å². The van der Waals surface area contributed by atoms with E-state index in [1.165, 1.54) is 24.0 Å². The zero-order valence-corrected chi connectivity index (χ0v) is 26.4. The largest absolute Gasteiger partial charge is 0.492 e. The number of sulfone groups is 1. The number of benzene rings is 3. The molecule has 12 heteroatoms. The lowest BCUT2D eigenvalue weighted by Gasteiger charge is -2.30. The van der Waals surface area contributed by atoms with Gasteiger partial charge in [-0.15, -0.1) is 0 Å². The molecular weight excluding hydrogens is 604 g/mol. The summed E-state index contributed by atoms with van der Waals surface area (Å²) in [5.74, 6) is -0.783. The zero-order valence-electron chi connectivity index (χ0n) is 24.9. The number of carboxylic acid groups (broad SMARTS) is 1. The van der Waals surface area contributed by atoms with Crippen molar-refractivity contribution in [2.24, 2.45) is 0 Å². The molecule has 4 aromatic rings. The van der Waals surface area contributed by atoms with Crippen LogP contribution < -0.4 is 15.8 Å². The number of halogens is 1. The number of amides is 1. The number of aliphatic carboxylic acids is 1. The molecule has 0 spiro atoms. The average Bonchev–Trinajstić information content (AvgIpc) is 3.01. The SMILES string of the molecule is CCCN(C(=O)CNc1ccc2c(N)nccc2c1)[C@H](C(=O)O)c1ccccc1S(=O)(=O)CC.CCOc1ccccc1Cl. The molecule has 3 aromatic carbocycles. The first-order chi connectivity index (χ1) is 21.0. The van der Waals surface area contributed by atoms with Crippen molar-refractivity contribution >= 4 is 55.6 Å². The van der Waals surface area contributed by atoms with Gasteiger partial charge < -0.3 is 25.8 Å². The predicted molar refractivity (Wildman–Crippen MR) is 174 cm³/mol. The Kier molecular flexibility index (Phi) is 12.4. The summed E-state index contributed by atoms with van der Waals surface area (Å²) >= 11 is 5.78. The Morgan fingerprint density at radius 2 is 1.75 bits per heavy atom. The quantitative estimate of drug-likeness (QED) is 0.174. The number of carbonyl (C=O) groups excluding carboxylic acids is 1. The predicted octanol–water partition coefficient (Wildman–Crippen LogP) is 5.83. The van der Waals surface area contributed by atoms with Gasteiger partial charge in [0, 0.05) is 29.4 Å². The molecule has 0 saturated carbocycles. The molecule has 1 amide bonds. The van der Waals surface area contributed by atoms with Gasteiger partial charge in [0.15, 0.2) is 15.9 Å². The van der Waals surface area contributed by atoms with Crippen LogP contribution in [0, 0.1) is 0 Å². The molecule has 0 bridgehead atoms. The summed E-state index contributed by atoms with van der Waals surface area (Å²) in [5.41, 5.74) is 6.61. The van der Waals surface area contributed by atoms with E-state index in [0.29, 0.717) is 29.6 Å². The van der Waals surface area contributed by atoms with Crippen LogP contribution in [0.2, 0.25) is 5.02 Å². The van der Waals surface area contributed by atoms with Gasteiger partial charge in [-0.05, 0) is 61.2 Å². The van der Waals surface area contributed by atoms with Crippen LogP contribution in [0.15, 0.2) is 83.9 Å². The van der Waals surface area contributed by atoms with E-state index in [1.807, 2.05) is 44.2 Å². The summed E-state index contributed by atoms with van der Waals surface area (Å²) in [7, 11) is -3.69. The lowest BCUT2D eigenvalue weighted by atomic mass is 10.0. The van der Waals surface area contributed by atoms with Crippen molar-refractivity contribution in [1.82, 2.24) is 9.88 Å². The Balaban J connectivity index is 0.000000448. The van der Waals surface area contributed by atoms with E-state index in [9.17, 15) is 23.1 Å². The first-order valence-electron chi connectivity index (χ1n) is 14.1. The van der Waals surface area contributed by atoms with Gasteiger partial charge in [0.05, 0.1) is 28.8 Å². The molecule has 1 heterocycles. The first-order valence-corrected chi connectivity index (χ1v) is 16.2. The summed E-state index contributed by atoms with van der Waals surface area (Å²) in [6, 6.07) is 19.1. The van der Waals surface area contributed by atoms with E-state index in [1.54, 1.807) is 36.5 Å². The number of carbonyl (C=O) groups is 2. The van der Waals surface area contributed by atoms with Gasteiger partial charge in [0.25, 0.3) is 0 Å². The van der Waals surface area contributed by atoms with Gasteiger partial charge in [-0.25, -0.2) is 18.2 Å². The van der Waals surface area contributed by atoms with Crippen LogP contribution in [0.3, 0.4) is 0 Å². The molecule has 1 atom stereocenters. The minimum atomic E-state index is -3.69. The maximum atomic E-state index is 13.2. The Bertz CT molecular complexity index is 1700. The van der Waals surface area contributed by atoms with Crippen molar-refractivity contribution in [1.29, 1.82) is 0 Å². The third kappa shape index (κ3) is 8.61. The minimum Gasteiger partial charge on any atom is -0.492 e. The number of pyridine rings is 1. The molecule has 0 aliphatic carbocycles. The highest BCUT2D eigenvalue weighted by Gasteiger charge is 2.34. The fourth-order valence-electron chi connectivity index (χ4n) is 4.53. The standard InChI is InChI=1S/C24H28N4O5S.C8H9ClO/c1-3-13-28(22(24(30)31)19-7-5-6-8-20(19)34(32,33)4-2)21(29)15-27-17-9-10-18-16(14-17)11-12-26-23(18)25;1-2-10-8-6-4-3-5-7(8)9/h5-12,14,22,27H,3-4,13,15H2,1-2H3,(H2,25,26)(H,30,31);3-6H,2H2,1H3/t22-;/m0./s1. The van der Waals surface area contributed by atoms with Gasteiger partial charge in [-0.1, -0.05) is 55.8 Å². The normalized spacial score (nSPS) is 11.6. The van der Waals surface area contributed by atoms with E-state index in [2.05, 4.69) is 10.3 Å². The Labute approximate surface area is 262 Å². The topological polar surface area (TPSA) is 152 Å². The summed E-state index contributed by atoms with van der Waals surface area (Å²) in [4.78, 5) is 30.7. The summed E-state index contributed by atoms with van der Waals surface area (Å²) < 4.78 is 30.4. The molecule has 1 aromatic heterocycles. The first kappa shape index (κ1) is 34.1. The third-order valence-corrected chi connectivity index (χ3v) is 8.75. The highest BCUT2D eigenvalue weighted by molar-refractivity contribution is 7.91. The Morgan fingerprint density at radius 3 is 2.41 bits per heavy atom. The van der Waals surface area contributed by atoms with Crippen LogP contribution >= 0.6 is 11.6 Å². The second-order valence-corrected chi connectivity index (χ2v) is 12.3. The number of para-hydroxylation sites is 1. The average molecular weight is 641 g/mol. The molecule has 0 aliphatic heterocycles. The molecule has 4 N–H and O–H groups in total. The molecular formula is C32H37ClN4O6S. The molecule has 10 nitrogen and oxygen atoms in total. The van der Waals surface area contributed by atoms with E-state index in [4.69, 9.17) is 22.1 Å². The van der Waals surface area contributed by atoms with E-state index in [0.717, 1.165) is 16.5 Å². The van der Waals surface area contributed by atoms with Gasteiger partial charge in [-0.3, -0.25) is 4.79 Å². The number of nitrogen functional groups attached to an aromatic ring is 1. The summed E-state index contributed by atoms with van der Waals surface area (Å²) in [6.45, 7) is 5.89. The fourth-order valence-corrected chi connectivity index (χ4v) is 5.85. The van der Waals surface area contributed by atoms with E-state index < -0.39 is 27.8 Å². The fraction of sp³-hybridized carbons (Fsp3) is 0.281. The lowest BCUT2D eigenvalue weighted by Crippen LogP contribution is -2.42. The van der Waals surface area contributed by atoms with Crippen LogP contribution in [-0.2, 0) is 19.4 Å². The van der Waals surface area contributed by atoms with E-state index in [-0.39, 0.29) is 29.3 Å². The number of nitrogens with two attached hydrogens (primary N) is 1. The molecule has 0 saturated heterocycles. The number of hydrogen-bond acceptors (Lipinski definition) is 8. The summed E-state index contributed by atoms with van der Waals surface area (Å²) in [6.07, 6.45) is 2.09. The molecule has 0 aliphatic rings. The van der Waals surface area contributed by atoms with Crippen molar-refractivity contribution in [3.8, 4) is 5.75 Å². The third-order valence-electron chi connectivity index (χ3n) is 6.63. The van der Waals surface area contributed by atoms with Gasteiger partial charge in [-0.2, -0.15) is 0 Å². The van der Waals surface area contributed by atoms with E-state index >= 15 is 0 Å². The molecule has 0 radical (unpaired) electrons. The molecule has 4 rings (SSSR count). The van der Waals surface area contributed by atoms with Gasteiger partial charge >= 0.3 is 5.97 Å². The summed E-state index contributed by atoms with van der Waals surface area (Å²) in [5, 5.41) is 15.4. The minimum absolute atomic E-state index is 0.0762. The monoisotopic (exact) mass is 640 g/mol. The Morgan fingerprint density at radius 1 is 1.05 bits per heavy atom. The second kappa shape index (κ2) is 15.9. The Hall–Kier alpha value is -4.35. The van der Waals surface area contributed by atoms with Gasteiger partial charge in [0.1, 0.15) is 11.6 Å². The number of nitrogens with zero attached hydrogens (tertiary/aromatic N) is 2. The number of hydrogen-bond donors (Lipinski definition) is 3. The number of fused-ring (bicyclic) bond motifs is 1. The molecule has 0 unspecified atom stereocenters. The van der Waals surface area contributed by atoms with Crippen LogP contribution in [0.25, 0.3) is 10.8 Å². The lowest BCUT2D eigenvalue weighted by molar-refractivity contribution is -0.150. The van der Waals surface area contributed by atoms with Crippen LogP contribution in [0.5, 0.6) is 5.75 Å². The molecule has 234 valence electrons. The molecule has 44 heavy (non-hydrogen) atoms. The van der Waals surface area contributed by atoms with Crippen LogP contribution in [-0.4, -0.2) is 60.7 Å². The number of carboxylic acids is 1. The van der Waals surface area contributed by atoms with Crippen LogP contribution in [0.4, 0.5) is 11.5 Å². The number of anilines is 2. The highest BCUT2D eigenvalue weighted by Crippen LogP contribution is 2.29. The van der Waals surface area contributed by atoms with Gasteiger partial charge in [0.2, 0.25) is 5.91 Å². The number of ether oxygens (including phenoxy) is 1. The molecule has 0 fully saturated rings. The maximum absolute atomic E-state index is 13.2.